The Kier molecular flexibility index (Phi) is 7.05. The molecule has 6 heteroatoms. The smallest absolute Gasteiger partial charge is 0.377 e. The summed E-state index contributed by atoms with van der Waals surface area (Å²) in [5, 5.41) is 0. The predicted octanol–water partition coefficient (Wildman–Crippen LogP) is 4.68. The van der Waals surface area contributed by atoms with Gasteiger partial charge in [0.1, 0.15) is 18.6 Å². The Morgan fingerprint density at radius 3 is 2.53 bits per heavy atom. The van der Waals surface area contributed by atoms with Gasteiger partial charge in [0.15, 0.2) is 0 Å². The molecule has 0 atom stereocenters. The van der Waals surface area contributed by atoms with E-state index < -0.39 is 5.97 Å². The molecule has 0 saturated carbocycles. The third kappa shape index (κ3) is 5.38. The van der Waals surface area contributed by atoms with Crippen LogP contribution in [0, 0.1) is 6.92 Å². The first-order valence-electron chi connectivity index (χ1n) is 9.34. The van der Waals surface area contributed by atoms with Crippen LogP contribution in [0.3, 0.4) is 0 Å². The summed E-state index contributed by atoms with van der Waals surface area (Å²) in [6.07, 6.45) is 1.20. The second kappa shape index (κ2) is 10.1. The van der Waals surface area contributed by atoms with Crippen LogP contribution in [0.25, 0.3) is 11.3 Å². The quantitative estimate of drug-likeness (QED) is 0.308. The Balaban J connectivity index is 1.81. The summed E-state index contributed by atoms with van der Waals surface area (Å²) in [6, 6.07) is 21.1. The largest absolute Gasteiger partial charge is 0.500 e. The molecule has 3 aromatic rings. The van der Waals surface area contributed by atoms with Gasteiger partial charge in [-0.3, -0.25) is 0 Å². The van der Waals surface area contributed by atoms with Gasteiger partial charge in [0.2, 0.25) is 11.6 Å². The molecule has 0 unspecified atom stereocenters. The van der Waals surface area contributed by atoms with E-state index in [0.29, 0.717) is 18.2 Å². The van der Waals surface area contributed by atoms with Crippen LogP contribution in [0.2, 0.25) is 0 Å². The first-order chi connectivity index (χ1) is 14.6. The number of rotatable bonds is 8. The number of nitrogens with zero attached hydrogens (tertiary/aromatic N) is 1. The first kappa shape index (κ1) is 20.9. The number of carbonyl (C=O) groups excluding carboxylic acids is 1. The molecule has 1 heterocycles. The zero-order valence-electron chi connectivity index (χ0n) is 17.1. The molecule has 0 saturated heterocycles. The van der Waals surface area contributed by atoms with Crippen molar-refractivity contribution in [3.05, 3.63) is 89.9 Å². The molecule has 0 N–H and O–H groups in total. The van der Waals surface area contributed by atoms with Crippen molar-refractivity contribution in [3.8, 4) is 22.9 Å². The maximum Gasteiger partial charge on any atom is 0.377 e. The summed E-state index contributed by atoms with van der Waals surface area (Å²) < 4.78 is 21.2. The molecule has 0 aliphatic rings. The van der Waals surface area contributed by atoms with Gasteiger partial charge in [-0.05, 0) is 30.2 Å². The van der Waals surface area contributed by atoms with Crippen LogP contribution in [0.5, 0.6) is 11.6 Å². The minimum Gasteiger partial charge on any atom is -0.500 e. The summed E-state index contributed by atoms with van der Waals surface area (Å²) in [6.45, 7) is 2.32. The van der Waals surface area contributed by atoms with Crippen LogP contribution in [-0.4, -0.2) is 25.2 Å². The average Bonchev–Trinajstić information content (AvgIpc) is 2.79. The van der Waals surface area contributed by atoms with Crippen LogP contribution in [-0.2, 0) is 20.9 Å². The molecular formula is C24H23NO5. The molecule has 3 rings (SSSR count). The number of hydrogen-bond acceptors (Lipinski definition) is 6. The van der Waals surface area contributed by atoms with Crippen LogP contribution < -0.4 is 9.47 Å². The van der Waals surface area contributed by atoms with Crippen molar-refractivity contribution >= 4 is 5.97 Å². The highest BCUT2D eigenvalue weighted by molar-refractivity contribution is 5.86. The van der Waals surface area contributed by atoms with E-state index in [4.69, 9.17) is 18.9 Å². The summed E-state index contributed by atoms with van der Waals surface area (Å²) in [5.74, 6) is 0.344. The molecule has 2 aromatic carbocycles. The molecular weight excluding hydrogens is 382 g/mol. The van der Waals surface area contributed by atoms with Crippen molar-refractivity contribution in [2.45, 2.75) is 13.5 Å². The van der Waals surface area contributed by atoms with E-state index in [1.807, 2.05) is 73.7 Å². The number of benzene rings is 2. The molecule has 0 radical (unpaired) electrons. The van der Waals surface area contributed by atoms with Gasteiger partial charge in [-0.2, -0.15) is 0 Å². The lowest BCUT2D eigenvalue weighted by atomic mass is 10.1. The van der Waals surface area contributed by atoms with Gasteiger partial charge in [0.05, 0.1) is 19.9 Å². The van der Waals surface area contributed by atoms with Crippen molar-refractivity contribution in [1.29, 1.82) is 0 Å². The topological polar surface area (TPSA) is 66.9 Å². The first-order valence-corrected chi connectivity index (χ1v) is 9.34. The minimum absolute atomic E-state index is 0.0480. The van der Waals surface area contributed by atoms with Gasteiger partial charge < -0.3 is 18.9 Å². The molecule has 1 aromatic heterocycles. The van der Waals surface area contributed by atoms with Crippen LogP contribution in [0.1, 0.15) is 11.1 Å². The minimum atomic E-state index is -0.629. The number of aromatic nitrogens is 1. The Labute approximate surface area is 175 Å². The van der Waals surface area contributed by atoms with Crippen molar-refractivity contribution < 1.29 is 23.7 Å². The number of ether oxygens (including phenoxy) is 4. The Bertz CT molecular complexity index is 1030. The molecule has 6 nitrogen and oxygen atoms in total. The van der Waals surface area contributed by atoms with Crippen LogP contribution in [0.15, 0.2) is 78.8 Å². The van der Waals surface area contributed by atoms with E-state index in [1.165, 1.54) is 20.5 Å². The monoisotopic (exact) mass is 405 g/mol. The van der Waals surface area contributed by atoms with Crippen molar-refractivity contribution in [2.75, 3.05) is 14.2 Å². The molecule has 0 fully saturated rings. The van der Waals surface area contributed by atoms with E-state index in [1.54, 1.807) is 0 Å². The van der Waals surface area contributed by atoms with Gasteiger partial charge in [0.25, 0.3) is 0 Å². The summed E-state index contributed by atoms with van der Waals surface area (Å²) >= 11 is 0. The lowest BCUT2D eigenvalue weighted by molar-refractivity contribution is -0.138. The second-order valence-electron chi connectivity index (χ2n) is 6.43. The zero-order chi connectivity index (χ0) is 21.3. The van der Waals surface area contributed by atoms with Crippen molar-refractivity contribution in [1.82, 2.24) is 4.98 Å². The van der Waals surface area contributed by atoms with E-state index in [0.717, 1.165) is 22.4 Å². The Morgan fingerprint density at radius 1 is 1.00 bits per heavy atom. The predicted molar refractivity (Wildman–Crippen MR) is 113 cm³/mol. The Morgan fingerprint density at radius 2 is 1.80 bits per heavy atom. The summed E-state index contributed by atoms with van der Waals surface area (Å²) in [7, 11) is 2.71. The van der Waals surface area contributed by atoms with Crippen molar-refractivity contribution in [2.24, 2.45) is 0 Å². The van der Waals surface area contributed by atoms with E-state index in [-0.39, 0.29) is 5.76 Å². The standard InChI is InChI=1S/C24H23NO5/c1-17-12-13-19(14-21(17)30-22(16-27-2)24(26)28-3)20-10-7-11-23(25-20)29-15-18-8-5-4-6-9-18/h4-14,16H,15H2,1-3H3. The Hall–Kier alpha value is -3.80. The number of methoxy groups -OCH3 is 2. The highest BCUT2D eigenvalue weighted by Gasteiger charge is 2.15. The van der Waals surface area contributed by atoms with Gasteiger partial charge in [0, 0.05) is 11.6 Å². The lowest BCUT2D eigenvalue weighted by Gasteiger charge is -2.12. The fraction of sp³-hybridized carbons (Fsp3) is 0.167. The van der Waals surface area contributed by atoms with Gasteiger partial charge in [-0.1, -0.05) is 48.5 Å². The molecule has 0 aliphatic carbocycles. The van der Waals surface area contributed by atoms with Gasteiger partial charge >= 0.3 is 5.97 Å². The average molecular weight is 405 g/mol. The second-order valence-corrected chi connectivity index (χ2v) is 6.43. The van der Waals surface area contributed by atoms with E-state index in [9.17, 15) is 4.79 Å². The van der Waals surface area contributed by atoms with Gasteiger partial charge in [-0.25, -0.2) is 9.78 Å². The molecule has 154 valence electrons. The SMILES string of the molecule is COC=C(Oc1cc(-c2cccc(OCc3ccccc3)n2)ccc1C)C(=O)OC. The third-order valence-corrected chi connectivity index (χ3v) is 4.27. The van der Waals surface area contributed by atoms with Crippen molar-refractivity contribution in [3.63, 3.8) is 0 Å². The van der Waals surface area contributed by atoms with Gasteiger partial charge in [-0.15, -0.1) is 0 Å². The number of pyridine rings is 1. The van der Waals surface area contributed by atoms with E-state index >= 15 is 0 Å². The number of hydrogen-bond donors (Lipinski definition) is 0. The summed E-state index contributed by atoms with van der Waals surface area (Å²) in [4.78, 5) is 16.5. The molecule has 0 aliphatic heterocycles. The maximum atomic E-state index is 11.9. The number of esters is 1. The highest BCUT2D eigenvalue weighted by Crippen LogP contribution is 2.28. The number of aryl methyl sites for hydroxylation is 1. The molecule has 0 spiro atoms. The molecule has 0 bridgehead atoms. The fourth-order valence-electron chi connectivity index (χ4n) is 2.70. The fourth-order valence-corrected chi connectivity index (χ4v) is 2.70. The summed E-state index contributed by atoms with van der Waals surface area (Å²) in [5.41, 5.74) is 3.46. The normalized spacial score (nSPS) is 11.0. The highest BCUT2D eigenvalue weighted by atomic mass is 16.6. The van der Waals surface area contributed by atoms with E-state index in [2.05, 4.69) is 4.98 Å². The lowest BCUT2D eigenvalue weighted by Crippen LogP contribution is -2.11. The molecule has 30 heavy (non-hydrogen) atoms. The van der Waals surface area contributed by atoms with Crippen LogP contribution >= 0.6 is 0 Å². The zero-order valence-corrected chi connectivity index (χ0v) is 17.1. The maximum absolute atomic E-state index is 11.9. The number of carbonyl (C=O) groups is 1. The van der Waals surface area contributed by atoms with Crippen LogP contribution in [0.4, 0.5) is 0 Å². The third-order valence-electron chi connectivity index (χ3n) is 4.27. The molecule has 0 amide bonds.